The lowest BCUT2D eigenvalue weighted by atomic mass is 9.78. The molecule has 0 amide bonds. The van der Waals surface area contributed by atoms with Crippen molar-refractivity contribution in [1.29, 1.82) is 0 Å². The van der Waals surface area contributed by atoms with Crippen LogP contribution in [0.5, 0.6) is 11.5 Å². The van der Waals surface area contributed by atoms with Gasteiger partial charge >= 0.3 is 5.97 Å². The Kier molecular flexibility index (Phi) is 7.52. The van der Waals surface area contributed by atoms with Crippen molar-refractivity contribution in [2.75, 3.05) is 13.2 Å². The molecule has 140 valence electrons. The van der Waals surface area contributed by atoms with E-state index in [9.17, 15) is 9.90 Å². The van der Waals surface area contributed by atoms with Gasteiger partial charge in [-0.3, -0.25) is 0 Å². The molecule has 0 bridgehead atoms. The van der Waals surface area contributed by atoms with E-state index < -0.39 is 0 Å². The maximum atomic E-state index is 11.4. The van der Waals surface area contributed by atoms with Gasteiger partial charge in [-0.25, -0.2) is 4.79 Å². The number of benzene rings is 2. The second kappa shape index (κ2) is 9.85. The molecule has 2 aromatic carbocycles. The molecule has 4 heteroatoms. The zero-order valence-corrected chi connectivity index (χ0v) is 15.8. The van der Waals surface area contributed by atoms with Crippen molar-refractivity contribution in [2.45, 2.75) is 45.4 Å². The molecule has 2 rings (SSSR count). The van der Waals surface area contributed by atoms with Crippen LogP contribution in [-0.2, 0) is 9.53 Å². The third-order valence-corrected chi connectivity index (χ3v) is 4.66. The van der Waals surface area contributed by atoms with Crippen molar-refractivity contribution in [3.8, 4) is 11.5 Å². The summed E-state index contributed by atoms with van der Waals surface area (Å²) in [7, 11) is 0. The molecule has 0 saturated heterocycles. The number of carbonyl (C=O) groups is 1. The number of rotatable bonds is 9. The zero-order valence-electron chi connectivity index (χ0n) is 15.8. The molecule has 0 aliphatic rings. The van der Waals surface area contributed by atoms with E-state index in [0.29, 0.717) is 29.9 Å². The van der Waals surface area contributed by atoms with Crippen LogP contribution in [0.3, 0.4) is 0 Å². The van der Waals surface area contributed by atoms with Crippen LogP contribution in [0.15, 0.2) is 48.5 Å². The third-order valence-electron chi connectivity index (χ3n) is 4.66. The molecule has 0 saturated carbocycles. The Balaban J connectivity index is 2.10. The van der Waals surface area contributed by atoms with E-state index in [2.05, 4.69) is 26.0 Å². The first kappa shape index (κ1) is 19.8. The minimum Gasteiger partial charge on any atom is -0.508 e. The van der Waals surface area contributed by atoms with Crippen LogP contribution in [-0.4, -0.2) is 24.3 Å². The quantitative estimate of drug-likeness (QED) is 0.641. The molecule has 2 atom stereocenters. The minimum atomic E-state index is -0.360. The molecular formula is C22H28O4. The second-order valence-electron chi connectivity index (χ2n) is 6.28. The highest BCUT2D eigenvalue weighted by molar-refractivity contribution is 5.71. The maximum absolute atomic E-state index is 11.4. The summed E-state index contributed by atoms with van der Waals surface area (Å²) >= 11 is 0. The van der Waals surface area contributed by atoms with E-state index in [-0.39, 0.29) is 12.6 Å². The highest BCUT2D eigenvalue weighted by Crippen LogP contribution is 2.38. The summed E-state index contributed by atoms with van der Waals surface area (Å²) < 4.78 is 10.3. The second-order valence-corrected chi connectivity index (χ2v) is 6.28. The van der Waals surface area contributed by atoms with Crippen molar-refractivity contribution in [2.24, 2.45) is 0 Å². The van der Waals surface area contributed by atoms with Crippen molar-refractivity contribution in [3.05, 3.63) is 59.7 Å². The maximum Gasteiger partial charge on any atom is 0.344 e. The van der Waals surface area contributed by atoms with E-state index in [0.717, 1.165) is 12.8 Å². The SMILES string of the molecule is CCOC(=O)COc1ccc([C@H](CC)[C@H](CC)c2ccc(O)cc2)cc1. The molecule has 4 nitrogen and oxygen atoms in total. The van der Waals surface area contributed by atoms with Gasteiger partial charge in [-0.1, -0.05) is 38.1 Å². The Morgan fingerprint density at radius 1 is 0.885 bits per heavy atom. The number of esters is 1. The first-order valence-corrected chi connectivity index (χ1v) is 9.26. The van der Waals surface area contributed by atoms with Gasteiger partial charge in [-0.2, -0.15) is 0 Å². The molecule has 0 unspecified atom stereocenters. The van der Waals surface area contributed by atoms with E-state index in [1.165, 1.54) is 11.1 Å². The van der Waals surface area contributed by atoms with Crippen LogP contribution in [0.25, 0.3) is 0 Å². The summed E-state index contributed by atoms with van der Waals surface area (Å²) in [6.07, 6.45) is 2.03. The standard InChI is InChI=1S/C22H28O4/c1-4-20(16-7-11-18(23)12-8-16)21(5-2)17-9-13-19(14-10-17)26-15-22(24)25-6-3/h7-14,20-21,23H,4-6,15H2,1-3H3/t20-,21+/m1/s1. The van der Waals surface area contributed by atoms with Gasteiger partial charge in [0.15, 0.2) is 6.61 Å². The fraction of sp³-hybridized carbons (Fsp3) is 0.409. The number of aromatic hydroxyl groups is 1. The van der Waals surface area contributed by atoms with Crippen LogP contribution < -0.4 is 4.74 Å². The lowest BCUT2D eigenvalue weighted by molar-refractivity contribution is -0.145. The largest absolute Gasteiger partial charge is 0.508 e. The van der Waals surface area contributed by atoms with Crippen molar-refractivity contribution in [1.82, 2.24) is 0 Å². The smallest absolute Gasteiger partial charge is 0.344 e. The summed E-state index contributed by atoms with van der Waals surface area (Å²) in [5.41, 5.74) is 2.48. The molecule has 0 heterocycles. The number of hydrogen-bond donors (Lipinski definition) is 1. The Morgan fingerprint density at radius 3 is 1.85 bits per heavy atom. The molecule has 2 aromatic rings. The molecule has 0 fully saturated rings. The van der Waals surface area contributed by atoms with Gasteiger partial charge in [0.2, 0.25) is 0 Å². The van der Waals surface area contributed by atoms with Crippen LogP contribution in [0.1, 0.15) is 56.6 Å². The number of hydrogen-bond acceptors (Lipinski definition) is 4. The monoisotopic (exact) mass is 356 g/mol. The fourth-order valence-electron chi connectivity index (χ4n) is 3.38. The highest BCUT2D eigenvalue weighted by Gasteiger charge is 2.22. The molecule has 0 aliphatic carbocycles. The molecule has 0 aromatic heterocycles. The predicted octanol–water partition coefficient (Wildman–Crippen LogP) is 5.02. The molecule has 26 heavy (non-hydrogen) atoms. The van der Waals surface area contributed by atoms with Gasteiger partial charge < -0.3 is 14.6 Å². The average molecular weight is 356 g/mol. The molecular weight excluding hydrogens is 328 g/mol. The lowest BCUT2D eigenvalue weighted by Gasteiger charge is -2.26. The average Bonchev–Trinajstić information content (AvgIpc) is 2.66. The van der Waals surface area contributed by atoms with Gasteiger partial charge in [-0.15, -0.1) is 0 Å². The number of carbonyl (C=O) groups excluding carboxylic acids is 1. The molecule has 0 aliphatic heterocycles. The molecule has 0 radical (unpaired) electrons. The first-order chi connectivity index (χ1) is 12.6. The Morgan fingerprint density at radius 2 is 1.38 bits per heavy atom. The zero-order chi connectivity index (χ0) is 18.9. The van der Waals surface area contributed by atoms with Crippen LogP contribution in [0.4, 0.5) is 0 Å². The van der Waals surface area contributed by atoms with Crippen molar-refractivity contribution < 1.29 is 19.4 Å². The summed E-state index contributed by atoms with van der Waals surface area (Å²) in [5, 5.41) is 9.53. The van der Waals surface area contributed by atoms with Gasteiger partial charge in [0.25, 0.3) is 0 Å². The van der Waals surface area contributed by atoms with Crippen LogP contribution >= 0.6 is 0 Å². The van der Waals surface area contributed by atoms with Crippen molar-refractivity contribution >= 4 is 5.97 Å². The van der Waals surface area contributed by atoms with E-state index in [4.69, 9.17) is 9.47 Å². The topological polar surface area (TPSA) is 55.8 Å². The summed E-state index contributed by atoms with van der Waals surface area (Å²) in [6.45, 7) is 6.44. The Bertz CT molecular complexity index is 676. The Labute approximate surface area is 155 Å². The molecule has 0 spiro atoms. The molecule has 1 N–H and O–H groups in total. The minimum absolute atomic E-state index is 0.0739. The number of phenols is 1. The number of phenolic OH excluding ortho intramolecular Hbond substituents is 1. The highest BCUT2D eigenvalue weighted by atomic mass is 16.6. The van der Waals surface area contributed by atoms with Gasteiger partial charge in [0.1, 0.15) is 11.5 Å². The summed E-state index contributed by atoms with van der Waals surface area (Å²) in [4.78, 5) is 11.4. The third kappa shape index (κ3) is 5.25. The van der Waals surface area contributed by atoms with Crippen LogP contribution in [0, 0.1) is 0 Å². The van der Waals surface area contributed by atoms with E-state index >= 15 is 0 Å². The van der Waals surface area contributed by atoms with Crippen molar-refractivity contribution in [3.63, 3.8) is 0 Å². The van der Waals surface area contributed by atoms with Crippen LogP contribution in [0.2, 0.25) is 0 Å². The van der Waals surface area contributed by atoms with E-state index in [1.54, 1.807) is 19.1 Å². The normalized spacial score (nSPS) is 13.0. The number of ether oxygens (including phenoxy) is 2. The Hall–Kier alpha value is -2.49. The van der Waals surface area contributed by atoms with Gasteiger partial charge in [0.05, 0.1) is 6.61 Å². The first-order valence-electron chi connectivity index (χ1n) is 9.26. The van der Waals surface area contributed by atoms with Gasteiger partial charge in [0, 0.05) is 0 Å². The van der Waals surface area contributed by atoms with E-state index in [1.807, 2.05) is 24.3 Å². The summed E-state index contributed by atoms with van der Waals surface area (Å²) in [5.74, 6) is 1.35. The van der Waals surface area contributed by atoms with Gasteiger partial charge in [-0.05, 0) is 67.0 Å². The predicted molar refractivity (Wildman–Crippen MR) is 103 cm³/mol. The fourth-order valence-corrected chi connectivity index (χ4v) is 3.38. The lowest BCUT2D eigenvalue weighted by Crippen LogP contribution is -2.14. The summed E-state index contributed by atoms with van der Waals surface area (Å²) in [6, 6.07) is 15.4.